The van der Waals surface area contributed by atoms with Crippen LogP contribution in [0.2, 0.25) is 0 Å². The molecule has 1 aliphatic heterocycles. The fourth-order valence-electron chi connectivity index (χ4n) is 9.27. The van der Waals surface area contributed by atoms with E-state index in [4.69, 9.17) is 33.7 Å². The Labute approximate surface area is 376 Å². The number of fused-ring (bicyclic) bond motifs is 2. The zero-order chi connectivity index (χ0) is 44.4. The number of aliphatic hydroxyl groups is 3. The Bertz CT molecular complexity index is 1980. The summed E-state index contributed by atoms with van der Waals surface area (Å²) in [6, 6.07) is 22.9. The average Bonchev–Trinajstić information content (AvgIpc) is 3.30. The van der Waals surface area contributed by atoms with Crippen LogP contribution in [0.15, 0.2) is 120 Å². The van der Waals surface area contributed by atoms with E-state index >= 15 is 0 Å². The summed E-state index contributed by atoms with van der Waals surface area (Å²) < 4.78 is 32.6. The molecule has 1 amide bonds. The predicted octanol–water partition coefficient (Wildman–Crippen LogP) is 9.06. The summed E-state index contributed by atoms with van der Waals surface area (Å²) in [5, 5.41) is 34.4. The molecule has 1 saturated carbocycles. The molecule has 3 aromatic carbocycles. The summed E-state index contributed by atoms with van der Waals surface area (Å²) in [6.07, 6.45) is 12.3. The van der Waals surface area contributed by atoms with Gasteiger partial charge in [-0.15, -0.1) is 24.9 Å². The van der Waals surface area contributed by atoms with E-state index in [-0.39, 0.29) is 83.6 Å². The molecule has 0 aromatic heterocycles. The van der Waals surface area contributed by atoms with Crippen molar-refractivity contribution in [1.29, 1.82) is 0 Å². The molecule has 0 bridgehead atoms. The number of allylic oxidation sites excluding steroid dienone is 1. The lowest BCUT2D eigenvalue weighted by Gasteiger charge is -2.59. The zero-order valence-electron chi connectivity index (χ0n) is 36.5. The molecule has 6 rings (SSSR count). The van der Waals surface area contributed by atoms with Gasteiger partial charge in [0.2, 0.25) is 5.79 Å². The number of amides is 1. The third kappa shape index (κ3) is 11.9. The first kappa shape index (κ1) is 47.8. The summed E-state index contributed by atoms with van der Waals surface area (Å²) in [5.41, 5.74) is 3.48. The molecule has 12 nitrogen and oxygen atoms in total. The minimum Gasteiger partial charge on any atom is -0.459 e. The Morgan fingerprint density at radius 2 is 1.68 bits per heavy atom. The number of thioether (sulfide) groups is 1. The van der Waals surface area contributed by atoms with Crippen molar-refractivity contribution in [2.75, 3.05) is 59.0 Å². The van der Waals surface area contributed by atoms with Crippen LogP contribution >= 0.6 is 11.8 Å². The normalized spacial score (nSPS) is 22.8. The number of oxime groups is 1. The summed E-state index contributed by atoms with van der Waals surface area (Å²) in [6.45, 7) is 8.63. The number of aliphatic hydroxyl groups excluding tert-OH is 3. The Balaban J connectivity index is 1.57. The van der Waals surface area contributed by atoms with E-state index in [0.29, 0.717) is 42.2 Å². The van der Waals surface area contributed by atoms with Crippen molar-refractivity contribution >= 4 is 23.6 Å². The highest BCUT2D eigenvalue weighted by molar-refractivity contribution is 7.98. The van der Waals surface area contributed by atoms with Crippen LogP contribution < -0.4 is 9.47 Å². The summed E-state index contributed by atoms with van der Waals surface area (Å²) in [4.78, 5) is 23.4. The van der Waals surface area contributed by atoms with Gasteiger partial charge < -0.3 is 43.8 Å². The molecule has 2 aliphatic carbocycles. The highest BCUT2D eigenvalue weighted by Gasteiger charge is 2.65. The molecule has 0 spiro atoms. The zero-order valence-corrected chi connectivity index (χ0v) is 37.3. The van der Waals surface area contributed by atoms with Crippen LogP contribution in [0.5, 0.6) is 17.2 Å². The second-order valence-electron chi connectivity index (χ2n) is 16.0. The van der Waals surface area contributed by atoms with Crippen LogP contribution in [-0.4, -0.2) is 103 Å². The van der Waals surface area contributed by atoms with E-state index in [0.717, 1.165) is 47.3 Å². The van der Waals surface area contributed by atoms with Gasteiger partial charge in [0.25, 0.3) is 0 Å². The number of hydrogen-bond donors (Lipinski definition) is 3. The van der Waals surface area contributed by atoms with Crippen molar-refractivity contribution in [1.82, 2.24) is 4.90 Å². The number of carbonyl (C=O) groups excluding carboxylic acids is 1. The van der Waals surface area contributed by atoms with E-state index in [2.05, 4.69) is 25.3 Å². The van der Waals surface area contributed by atoms with Crippen LogP contribution in [0.4, 0.5) is 4.79 Å². The fourth-order valence-corrected chi connectivity index (χ4v) is 9.68. The number of carbonyl (C=O) groups is 1. The predicted molar refractivity (Wildman–Crippen MR) is 245 cm³/mol. The highest BCUT2D eigenvalue weighted by Crippen LogP contribution is 2.62. The van der Waals surface area contributed by atoms with Crippen LogP contribution in [-0.2, 0) is 25.7 Å². The number of benzene rings is 3. The van der Waals surface area contributed by atoms with E-state index in [1.165, 1.54) is 0 Å². The van der Waals surface area contributed by atoms with E-state index in [1.54, 1.807) is 28.8 Å². The van der Waals surface area contributed by atoms with Gasteiger partial charge in [-0.25, -0.2) is 4.79 Å². The molecule has 0 saturated heterocycles. The number of nitrogens with zero attached hydrogens (tertiary/aromatic N) is 2. The maximum Gasteiger partial charge on any atom is 0.410 e. The number of ether oxygens (including phenoxy) is 5. The molecule has 13 heteroatoms. The van der Waals surface area contributed by atoms with Gasteiger partial charge >= 0.3 is 6.09 Å². The molecule has 1 fully saturated rings. The Kier molecular flexibility index (Phi) is 18.6. The molecule has 3 aromatic rings. The van der Waals surface area contributed by atoms with Crippen LogP contribution in [0.1, 0.15) is 68.4 Å². The lowest BCUT2D eigenvalue weighted by molar-refractivity contribution is -0.256. The Morgan fingerprint density at radius 3 is 2.40 bits per heavy atom. The third-order valence-electron chi connectivity index (χ3n) is 12.1. The lowest BCUT2D eigenvalue weighted by atomic mass is 9.55. The van der Waals surface area contributed by atoms with Crippen molar-refractivity contribution in [3.63, 3.8) is 0 Å². The second-order valence-corrected chi connectivity index (χ2v) is 16.9. The molecule has 6 atom stereocenters. The molecular formula is C50H64N2O10S. The third-order valence-corrected chi connectivity index (χ3v) is 12.8. The minimum absolute atomic E-state index is 0.0283. The number of unbranched alkanes of at least 4 members (excludes halogenated alkanes) is 2. The molecule has 0 radical (unpaired) electrons. The standard InChI is InChI=1S/C50H64N2O10S/c1-4-6-29-58-49(56)52(24-30-57-31-27-55)46-34-44(51-60-35-36-14-8-7-9-15-36)42-32-37(16-10-12-25-53)41(17-11-13-26-54)47-43-33-39(61-38-18-21-40(63-3)22-19-38)20-23-45(43)62-50(46,48(42)47)59-28-5-2/h4-5,7-9,14-15,18-23,32-33,37,41,46-48,53-55H,1-2,6,10-13,16-17,24-31,34-35H2,3H3/t37-,41+,46-,47+,48+,50+/m0/s1. The summed E-state index contributed by atoms with van der Waals surface area (Å²) in [7, 11) is 0. The van der Waals surface area contributed by atoms with Gasteiger partial charge in [0.15, 0.2) is 0 Å². The van der Waals surface area contributed by atoms with Gasteiger partial charge in [0, 0.05) is 42.6 Å². The van der Waals surface area contributed by atoms with Gasteiger partial charge in [-0.1, -0.05) is 66.6 Å². The second kappa shape index (κ2) is 24.4. The topological polar surface area (TPSA) is 149 Å². The molecule has 1 heterocycles. The van der Waals surface area contributed by atoms with Crippen molar-refractivity contribution in [3.8, 4) is 17.2 Å². The maximum atomic E-state index is 14.5. The van der Waals surface area contributed by atoms with Gasteiger partial charge in [-0.2, -0.15) is 0 Å². The first-order valence-corrected chi connectivity index (χ1v) is 23.4. The monoisotopic (exact) mass is 884 g/mol. The first-order chi connectivity index (χ1) is 30.9. The van der Waals surface area contributed by atoms with E-state index in [9.17, 15) is 20.1 Å². The van der Waals surface area contributed by atoms with Crippen LogP contribution in [0, 0.1) is 17.8 Å². The quantitative estimate of drug-likeness (QED) is 0.0307. The molecule has 340 valence electrons. The summed E-state index contributed by atoms with van der Waals surface area (Å²) >= 11 is 1.67. The first-order valence-electron chi connectivity index (χ1n) is 22.2. The van der Waals surface area contributed by atoms with Gasteiger partial charge in [0.1, 0.15) is 29.9 Å². The van der Waals surface area contributed by atoms with Crippen LogP contribution in [0.3, 0.4) is 0 Å². The lowest BCUT2D eigenvalue weighted by Crippen LogP contribution is -2.70. The highest BCUT2D eigenvalue weighted by atomic mass is 32.2. The molecule has 0 unspecified atom stereocenters. The van der Waals surface area contributed by atoms with E-state index < -0.39 is 23.8 Å². The molecule has 63 heavy (non-hydrogen) atoms. The van der Waals surface area contributed by atoms with Gasteiger partial charge in [0.05, 0.1) is 44.7 Å². The van der Waals surface area contributed by atoms with Crippen LogP contribution in [0.25, 0.3) is 0 Å². The fraction of sp³-hybridized carbons (Fsp3) is 0.480. The SMILES string of the molecule is C=CCCOC(=O)N(CCOCCO)[C@H]1CC(=NOCc2ccccc2)C2=C[C@H](CCCCO)[C@@H](CCCCO)[C@@H]3c4cc(Oc5ccc(SC)cc5)ccc4O[C@@]1(OCC=C)[C@H]23. The Morgan fingerprint density at radius 1 is 0.921 bits per heavy atom. The maximum absolute atomic E-state index is 14.5. The number of hydrogen-bond acceptors (Lipinski definition) is 12. The molecule has 3 N–H and O–H groups in total. The molecule has 3 aliphatic rings. The van der Waals surface area contributed by atoms with E-state index in [1.807, 2.05) is 73.0 Å². The van der Waals surface area contributed by atoms with Crippen molar-refractivity contribution in [3.05, 3.63) is 121 Å². The smallest absolute Gasteiger partial charge is 0.410 e. The Hall–Kier alpha value is -4.63. The van der Waals surface area contributed by atoms with Gasteiger partial charge in [-0.3, -0.25) is 4.90 Å². The largest absolute Gasteiger partial charge is 0.459 e. The average molecular weight is 885 g/mol. The molecular weight excluding hydrogens is 821 g/mol. The van der Waals surface area contributed by atoms with Crippen molar-refractivity contribution in [2.24, 2.45) is 22.9 Å². The van der Waals surface area contributed by atoms with Crippen molar-refractivity contribution in [2.45, 2.75) is 80.6 Å². The van der Waals surface area contributed by atoms with Crippen molar-refractivity contribution < 1.29 is 48.6 Å². The number of rotatable bonds is 26. The summed E-state index contributed by atoms with van der Waals surface area (Å²) in [5.74, 6) is -0.200. The van der Waals surface area contributed by atoms with Gasteiger partial charge in [-0.05, 0) is 104 Å². The minimum atomic E-state index is -1.48.